The fourth-order valence-corrected chi connectivity index (χ4v) is 2.82. The first-order valence-electron chi connectivity index (χ1n) is 7.38. The van der Waals surface area contributed by atoms with Crippen LogP contribution in [0.1, 0.15) is 19.4 Å². The number of pyridine rings is 1. The fourth-order valence-electron chi connectivity index (χ4n) is 2.82. The van der Waals surface area contributed by atoms with Crippen LogP contribution >= 0.6 is 0 Å². The molecule has 0 amide bonds. The molecule has 5 heteroatoms. The molecular weight excluding hydrogens is 264 g/mol. The van der Waals surface area contributed by atoms with Crippen LogP contribution in [0.15, 0.2) is 30.3 Å². The van der Waals surface area contributed by atoms with E-state index in [0.29, 0.717) is 6.04 Å². The van der Waals surface area contributed by atoms with E-state index < -0.39 is 0 Å². The van der Waals surface area contributed by atoms with Crippen LogP contribution in [0.5, 0.6) is 0 Å². The number of rotatable bonds is 3. The molecule has 0 radical (unpaired) electrons. The maximum Gasteiger partial charge on any atom is 0.145 e. The number of hydrogen-bond donors (Lipinski definition) is 2. The van der Waals surface area contributed by atoms with E-state index in [9.17, 15) is 0 Å². The molecule has 5 nitrogen and oxygen atoms in total. The largest absolute Gasteiger partial charge is 0.376 e. The number of nitrogens with two attached hydrogens (primary N) is 1. The van der Waals surface area contributed by atoms with Crippen LogP contribution in [0.2, 0.25) is 0 Å². The Morgan fingerprint density at radius 1 is 1.38 bits per heavy atom. The average Bonchev–Trinajstić information content (AvgIpc) is 2.50. The summed E-state index contributed by atoms with van der Waals surface area (Å²) in [6.45, 7) is 6.83. The summed E-state index contributed by atoms with van der Waals surface area (Å²) in [5, 5.41) is 1.14. The molecule has 2 unspecified atom stereocenters. The molecule has 3 rings (SSSR count). The van der Waals surface area contributed by atoms with Gasteiger partial charge in [0.2, 0.25) is 0 Å². The van der Waals surface area contributed by atoms with Crippen LogP contribution < -0.4 is 11.3 Å². The van der Waals surface area contributed by atoms with Crippen molar-refractivity contribution in [2.24, 2.45) is 5.84 Å². The van der Waals surface area contributed by atoms with Gasteiger partial charge in [0.05, 0.1) is 18.2 Å². The Morgan fingerprint density at radius 3 is 3.00 bits per heavy atom. The number of ether oxygens (including phenoxy) is 1. The van der Waals surface area contributed by atoms with Crippen molar-refractivity contribution >= 4 is 16.7 Å². The molecule has 0 spiro atoms. The number of anilines is 1. The summed E-state index contributed by atoms with van der Waals surface area (Å²) in [6.07, 6.45) is 0.268. The van der Waals surface area contributed by atoms with Crippen LogP contribution in [-0.2, 0) is 11.3 Å². The van der Waals surface area contributed by atoms with Crippen molar-refractivity contribution in [3.8, 4) is 0 Å². The molecule has 0 saturated carbocycles. The molecule has 1 fully saturated rings. The topological polar surface area (TPSA) is 63.4 Å². The number of nitrogen functional groups attached to an aromatic ring is 1. The number of benzene rings is 1. The predicted octanol–water partition coefficient (Wildman–Crippen LogP) is 2.13. The highest BCUT2D eigenvalue weighted by Gasteiger charge is 2.24. The molecule has 0 bridgehead atoms. The number of nitrogens with zero attached hydrogens (tertiary/aromatic N) is 2. The summed E-state index contributed by atoms with van der Waals surface area (Å²) in [4.78, 5) is 7.03. The molecule has 1 aliphatic heterocycles. The first kappa shape index (κ1) is 14.3. The van der Waals surface area contributed by atoms with Gasteiger partial charge in [0.25, 0.3) is 0 Å². The maximum absolute atomic E-state index is 5.69. The highest BCUT2D eigenvalue weighted by Crippen LogP contribution is 2.23. The van der Waals surface area contributed by atoms with Gasteiger partial charge in [-0.15, -0.1) is 0 Å². The van der Waals surface area contributed by atoms with Crippen molar-refractivity contribution in [3.63, 3.8) is 0 Å². The third kappa shape index (κ3) is 3.00. The second kappa shape index (κ2) is 5.97. The Kier molecular flexibility index (Phi) is 4.05. The number of morpholine rings is 1. The van der Waals surface area contributed by atoms with Gasteiger partial charge in [-0.1, -0.05) is 18.2 Å². The fraction of sp³-hybridized carbons (Fsp3) is 0.438. The van der Waals surface area contributed by atoms with Crippen molar-refractivity contribution < 1.29 is 4.74 Å². The molecule has 21 heavy (non-hydrogen) atoms. The van der Waals surface area contributed by atoms with Crippen LogP contribution in [-0.4, -0.2) is 35.2 Å². The van der Waals surface area contributed by atoms with Crippen LogP contribution in [0.3, 0.4) is 0 Å². The van der Waals surface area contributed by atoms with E-state index in [1.807, 2.05) is 18.2 Å². The molecule has 2 aromatic rings. The standard InChI is InChI=1S/C16H22N4O/c1-11-10-21-12(2)8-20(11)9-14-7-13-5-3-4-6-15(13)18-16(14)19-17/h3-7,11-12H,8-10,17H2,1-2H3,(H,18,19). The first-order valence-corrected chi connectivity index (χ1v) is 7.38. The minimum absolute atomic E-state index is 0.268. The van der Waals surface area contributed by atoms with E-state index in [1.165, 1.54) is 0 Å². The molecule has 0 aliphatic carbocycles. The lowest BCUT2D eigenvalue weighted by atomic mass is 10.1. The van der Waals surface area contributed by atoms with Crippen molar-refractivity contribution in [1.29, 1.82) is 0 Å². The van der Waals surface area contributed by atoms with Crippen molar-refractivity contribution in [2.75, 3.05) is 18.6 Å². The van der Waals surface area contributed by atoms with Gasteiger partial charge >= 0.3 is 0 Å². The van der Waals surface area contributed by atoms with Gasteiger partial charge in [-0.3, -0.25) is 4.90 Å². The molecule has 1 aromatic carbocycles. The van der Waals surface area contributed by atoms with Gasteiger partial charge in [0.15, 0.2) is 0 Å². The summed E-state index contributed by atoms with van der Waals surface area (Å²) in [6, 6.07) is 10.7. The number of para-hydroxylation sites is 1. The minimum Gasteiger partial charge on any atom is -0.376 e. The lowest BCUT2D eigenvalue weighted by Crippen LogP contribution is -2.46. The van der Waals surface area contributed by atoms with Gasteiger partial charge in [-0.05, 0) is 26.0 Å². The van der Waals surface area contributed by atoms with Gasteiger partial charge in [0, 0.05) is 30.1 Å². The quantitative estimate of drug-likeness (QED) is 0.668. The van der Waals surface area contributed by atoms with Gasteiger partial charge in [-0.25, -0.2) is 10.8 Å². The zero-order chi connectivity index (χ0) is 14.8. The highest BCUT2D eigenvalue weighted by atomic mass is 16.5. The van der Waals surface area contributed by atoms with E-state index in [1.54, 1.807) is 0 Å². The van der Waals surface area contributed by atoms with E-state index >= 15 is 0 Å². The number of hydrazine groups is 1. The SMILES string of the molecule is CC1CN(Cc2cc3ccccc3nc2NN)C(C)CO1. The summed E-state index contributed by atoms with van der Waals surface area (Å²) in [5.41, 5.74) is 4.81. The van der Waals surface area contributed by atoms with Gasteiger partial charge in [0.1, 0.15) is 5.82 Å². The second-order valence-corrected chi connectivity index (χ2v) is 5.76. The molecule has 1 aromatic heterocycles. The Morgan fingerprint density at radius 2 is 2.19 bits per heavy atom. The van der Waals surface area contributed by atoms with Gasteiger partial charge in [-0.2, -0.15) is 0 Å². The number of aromatic nitrogens is 1. The highest BCUT2D eigenvalue weighted by molar-refractivity contribution is 5.81. The molecule has 1 aliphatic rings. The normalized spacial score (nSPS) is 23.4. The third-order valence-corrected chi connectivity index (χ3v) is 4.05. The molecule has 2 atom stereocenters. The molecule has 2 heterocycles. The Hall–Kier alpha value is -1.69. The lowest BCUT2D eigenvalue weighted by Gasteiger charge is -2.37. The predicted molar refractivity (Wildman–Crippen MR) is 84.8 cm³/mol. The zero-order valence-electron chi connectivity index (χ0n) is 12.5. The molecule has 1 saturated heterocycles. The summed E-state index contributed by atoms with van der Waals surface area (Å²) >= 11 is 0. The Bertz CT molecular complexity index is 631. The zero-order valence-corrected chi connectivity index (χ0v) is 12.5. The summed E-state index contributed by atoms with van der Waals surface area (Å²) < 4.78 is 5.69. The number of fused-ring (bicyclic) bond motifs is 1. The summed E-state index contributed by atoms with van der Waals surface area (Å²) in [7, 11) is 0. The Labute approximate surface area is 125 Å². The van der Waals surface area contributed by atoms with Gasteiger partial charge < -0.3 is 10.2 Å². The van der Waals surface area contributed by atoms with Crippen molar-refractivity contribution in [2.45, 2.75) is 32.5 Å². The minimum atomic E-state index is 0.268. The van der Waals surface area contributed by atoms with Crippen LogP contribution in [0.25, 0.3) is 10.9 Å². The van der Waals surface area contributed by atoms with Crippen LogP contribution in [0, 0.1) is 0 Å². The monoisotopic (exact) mass is 286 g/mol. The van der Waals surface area contributed by atoms with Crippen LogP contribution in [0.4, 0.5) is 5.82 Å². The number of nitrogens with one attached hydrogen (secondary N) is 1. The first-order chi connectivity index (χ1) is 10.2. The molecule has 112 valence electrons. The Balaban J connectivity index is 1.91. The van der Waals surface area contributed by atoms with E-state index in [2.05, 4.69) is 41.3 Å². The maximum atomic E-state index is 5.69. The lowest BCUT2D eigenvalue weighted by molar-refractivity contribution is -0.0526. The van der Waals surface area contributed by atoms with E-state index in [0.717, 1.165) is 42.0 Å². The van der Waals surface area contributed by atoms with Crippen molar-refractivity contribution in [3.05, 3.63) is 35.9 Å². The van der Waals surface area contributed by atoms with E-state index in [4.69, 9.17) is 10.6 Å². The average molecular weight is 286 g/mol. The summed E-state index contributed by atoms with van der Waals surface area (Å²) in [5.74, 6) is 6.40. The smallest absolute Gasteiger partial charge is 0.145 e. The van der Waals surface area contributed by atoms with E-state index in [-0.39, 0.29) is 6.10 Å². The third-order valence-electron chi connectivity index (χ3n) is 4.05. The second-order valence-electron chi connectivity index (χ2n) is 5.76. The molecule has 3 N–H and O–H groups in total. The number of hydrogen-bond acceptors (Lipinski definition) is 5. The molecular formula is C16H22N4O. The van der Waals surface area contributed by atoms with Crippen molar-refractivity contribution in [1.82, 2.24) is 9.88 Å².